The van der Waals surface area contributed by atoms with E-state index >= 15 is 0 Å². The molecule has 0 saturated carbocycles. The van der Waals surface area contributed by atoms with Crippen LogP contribution in [0.3, 0.4) is 0 Å². The van der Waals surface area contributed by atoms with Gasteiger partial charge in [-0.2, -0.15) is 0 Å². The number of rotatable bonds is 3. The molecule has 0 spiro atoms. The first kappa shape index (κ1) is 10.5. The summed E-state index contributed by atoms with van der Waals surface area (Å²) in [4.78, 5) is 13.7. The number of piperazine rings is 1. The van der Waals surface area contributed by atoms with Crippen molar-refractivity contribution in [3.8, 4) is 0 Å². The Morgan fingerprint density at radius 3 is 2.62 bits per heavy atom. The largest absolute Gasteiger partial charge is 0.339 e. The number of carbonyl (C=O) groups is 1. The molecular weight excluding hydrogens is 166 g/mol. The molecule has 0 aliphatic carbocycles. The maximum Gasteiger partial charge on any atom is 0.239 e. The number of carbonyl (C=O) groups excluding carboxylic acids is 1. The Bertz CT molecular complexity index is 162. The van der Waals surface area contributed by atoms with Crippen LogP contribution in [-0.4, -0.2) is 50.1 Å². The van der Waals surface area contributed by atoms with Crippen molar-refractivity contribution in [2.75, 3.05) is 33.2 Å². The van der Waals surface area contributed by atoms with Gasteiger partial charge in [0.25, 0.3) is 0 Å². The lowest BCUT2D eigenvalue weighted by Gasteiger charge is -2.30. The van der Waals surface area contributed by atoms with E-state index in [1.165, 1.54) is 0 Å². The van der Waals surface area contributed by atoms with Gasteiger partial charge in [-0.3, -0.25) is 4.79 Å². The van der Waals surface area contributed by atoms with E-state index in [1.807, 2.05) is 18.9 Å². The highest BCUT2D eigenvalue weighted by molar-refractivity contribution is 5.81. The summed E-state index contributed by atoms with van der Waals surface area (Å²) in [5.41, 5.74) is 0. The Labute approximate surface area is 79.7 Å². The minimum absolute atomic E-state index is 0.00176. The van der Waals surface area contributed by atoms with Gasteiger partial charge in [0, 0.05) is 26.2 Å². The van der Waals surface area contributed by atoms with Gasteiger partial charge in [-0.15, -0.1) is 0 Å². The Kier molecular flexibility index (Phi) is 4.18. The molecule has 1 heterocycles. The summed E-state index contributed by atoms with van der Waals surface area (Å²) in [6, 6.07) is -0.00176. The molecule has 0 bridgehead atoms. The molecule has 1 fully saturated rings. The highest BCUT2D eigenvalue weighted by Gasteiger charge is 2.22. The van der Waals surface area contributed by atoms with Gasteiger partial charge in [0.1, 0.15) is 0 Å². The van der Waals surface area contributed by atoms with Crippen LogP contribution in [0.15, 0.2) is 0 Å². The first-order valence-electron chi connectivity index (χ1n) is 4.96. The van der Waals surface area contributed by atoms with Crippen LogP contribution < -0.4 is 10.6 Å². The van der Waals surface area contributed by atoms with Crippen molar-refractivity contribution in [1.29, 1.82) is 0 Å². The Morgan fingerprint density at radius 1 is 1.54 bits per heavy atom. The van der Waals surface area contributed by atoms with Gasteiger partial charge in [0.15, 0.2) is 0 Å². The molecule has 4 nitrogen and oxygen atoms in total. The maximum atomic E-state index is 11.8. The number of nitrogens with one attached hydrogen (secondary N) is 2. The molecule has 76 valence electrons. The Hall–Kier alpha value is -0.610. The molecule has 1 atom stereocenters. The van der Waals surface area contributed by atoms with Crippen molar-refractivity contribution in [3.05, 3.63) is 0 Å². The van der Waals surface area contributed by atoms with E-state index in [0.717, 1.165) is 32.6 Å². The van der Waals surface area contributed by atoms with E-state index < -0.39 is 0 Å². The van der Waals surface area contributed by atoms with E-state index in [2.05, 4.69) is 10.6 Å². The average molecular weight is 185 g/mol. The van der Waals surface area contributed by atoms with Crippen LogP contribution in [0.5, 0.6) is 0 Å². The zero-order valence-corrected chi connectivity index (χ0v) is 8.47. The highest BCUT2D eigenvalue weighted by atomic mass is 16.2. The lowest BCUT2D eigenvalue weighted by molar-refractivity contribution is -0.133. The maximum absolute atomic E-state index is 11.8. The molecule has 1 rings (SSSR count). The van der Waals surface area contributed by atoms with Crippen LogP contribution >= 0.6 is 0 Å². The molecule has 13 heavy (non-hydrogen) atoms. The molecule has 1 amide bonds. The second-order valence-electron chi connectivity index (χ2n) is 3.32. The van der Waals surface area contributed by atoms with Crippen molar-refractivity contribution in [3.63, 3.8) is 0 Å². The third kappa shape index (κ3) is 2.67. The lowest BCUT2D eigenvalue weighted by atomic mass is 10.2. The second-order valence-corrected chi connectivity index (χ2v) is 3.32. The minimum Gasteiger partial charge on any atom is -0.339 e. The van der Waals surface area contributed by atoms with Crippen LogP contribution in [0.25, 0.3) is 0 Å². The van der Waals surface area contributed by atoms with Gasteiger partial charge in [-0.05, 0) is 13.5 Å². The van der Waals surface area contributed by atoms with Gasteiger partial charge in [0.2, 0.25) is 5.91 Å². The minimum atomic E-state index is -0.00176. The number of hydrogen-bond donors (Lipinski definition) is 2. The van der Waals surface area contributed by atoms with Crippen molar-refractivity contribution in [2.45, 2.75) is 19.4 Å². The molecular formula is C9H19N3O. The number of likely N-dealkylation sites (N-methyl/N-ethyl adjacent to an activating group) is 1. The normalized spacial score (nSPS) is 20.0. The van der Waals surface area contributed by atoms with Crippen molar-refractivity contribution < 1.29 is 4.79 Å². The summed E-state index contributed by atoms with van der Waals surface area (Å²) in [5, 5.41) is 6.27. The summed E-state index contributed by atoms with van der Waals surface area (Å²) >= 11 is 0. The quantitative estimate of drug-likeness (QED) is 0.618. The van der Waals surface area contributed by atoms with Crippen molar-refractivity contribution >= 4 is 5.91 Å². The molecule has 1 aliphatic rings. The SMILES string of the molecule is CCC(NC)C(=O)N1CCNCC1. The fourth-order valence-electron chi connectivity index (χ4n) is 1.61. The summed E-state index contributed by atoms with van der Waals surface area (Å²) in [6.07, 6.45) is 0.860. The average Bonchev–Trinajstić information content (AvgIpc) is 2.21. The van der Waals surface area contributed by atoms with Gasteiger partial charge in [-0.1, -0.05) is 6.92 Å². The molecule has 1 saturated heterocycles. The predicted molar refractivity (Wildman–Crippen MR) is 52.6 cm³/mol. The van der Waals surface area contributed by atoms with E-state index in [0.29, 0.717) is 0 Å². The molecule has 2 N–H and O–H groups in total. The van der Waals surface area contributed by atoms with Gasteiger partial charge < -0.3 is 15.5 Å². The van der Waals surface area contributed by atoms with E-state index in [1.54, 1.807) is 0 Å². The zero-order chi connectivity index (χ0) is 9.68. The van der Waals surface area contributed by atoms with Crippen LogP contribution in [0.2, 0.25) is 0 Å². The lowest BCUT2D eigenvalue weighted by Crippen LogP contribution is -2.52. The van der Waals surface area contributed by atoms with Gasteiger partial charge >= 0.3 is 0 Å². The fourth-order valence-corrected chi connectivity index (χ4v) is 1.61. The standard InChI is InChI=1S/C9H19N3O/c1-3-8(10-2)9(13)12-6-4-11-5-7-12/h8,10-11H,3-7H2,1-2H3. The predicted octanol–water partition coefficient (Wildman–Crippen LogP) is -0.584. The van der Waals surface area contributed by atoms with Gasteiger partial charge in [0.05, 0.1) is 6.04 Å². The first-order chi connectivity index (χ1) is 6.29. The molecule has 0 aromatic heterocycles. The Morgan fingerprint density at radius 2 is 2.15 bits per heavy atom. The number of hydrogen-bond acceptors (Lipinski definition) is 3. The Balaban J connectivity index is 2.44. The van der Waals surface area contributed by atoms with E-state index in [4.69, 9.17) is 0 Å². The summed E-state index contributed by atoms with van der Waals surface area (Å²) in [7, 11) is 1.84. The fraction of sp³-hybridized carbons (Fsp3) is 0.889. The molecule has 1 unspecified atom stereocenters. The number of amides is 1. The molecule has 0 aromatic rings. The topological polar surface area (TPSA) is 44.4 Å². The highest BCUT2D eigenvalue weighted by Crippen LogP contribution is 2.00. The monoisotopic (exact) mass is 185 g/mol. The summed E-state index contributed by atoms with van der Waals surface area (Å²) < 4.78 is 0. The van der Waals surface area contributed by atoms with Crippen LogP contribution in [0.4, 0.5) is 0 Å². The van der Waals surface area contributed by atoms with Crippen LogP contribution in [0.1, 0.15) is 13.3 Å². The summed E-state index contributed by atoms with van der Waals surface area (Å²) in [6.45, 7) is 5.56. The second kappa shape index (κ2) is 5.19. The number of nitrogens with zero attached hydrogens (tertiary/aromatic N) is 1. The zero-order valence-electron chi connectivity index (χ0n) is 8.47. The summed E-state index contributed by atoms with van der Waals surface area (Å²) in [5.74, 6) is 0.242. The molecule has 0 radical (unpaired) electrons. The van der Waals surface area contributed by atoms with Crippen molar-refractivity contribution in [2.24, 2.45) is 0 Å². The third-order valence-corrected chi connectivity index (χ3v) is 2.48. The van der Waals surface area contributed by atoms with Crippen LogP contribution in [-0.2, 0) is 4.79 Å². The van der Waals surface area contributed by atoms with E-state index in [9.17, 15) is 4.79 Å². The van der Waals surface area contributed by atoms with Gasteiger partial charge in [-0.25, -0.2) is 0 Å². The first-order valence-corrected chi connectivity index (χ1v) is 4.96. The van der Waals surface area contributed by atoms with Crippen molar-refractivity contribution in [1.82, 2.24) is 15.5 Å². The molecule has 4 heteroatoms. The van der Waals surface area contributed by atoms with Crippen LogP contribution in [0, 0.1) is 0 Å². The van der Waals surface area contributed by atoms with E-state index in [-0.39, 0.29) is 11.9 Å². The smallest absolute Gasteiger partial charge is 0.239 e. The molecule has 0 aromatic carbocycles. The molecule has 1 aliphatic heterocycles. The third-order valence-electron chi connectivity index (χ3n) is 2.48.